The summed E-state index contributed by atoms with van der Waals surface area (Å²) in [5.74, 6) is 0. The van der Waals surface area contributed by atoms with Gasteiger partial charge in [0.15, 0.2) is 0 Å². The number of rotatable bonds is 0. The van der Waals surface area contributed by atoms with Crippen LogP contribution in [0.25, 0.3) is 0 Å². The fourth-order valence-corrected chi connectivity index (χ4v) is 0. The van der Waals surface area contributed by atoms with Crippen LogP contribution >= 0.6 is 39.1 Å². The zero-order chi connectivity index (χ0) is 22.5. The summed E-state index contributed by atoms with van der Waals surface area (Å²) in [6.45, 7) is 0. The van der Waals surface area contributed by atoms with Crippen molar-refractivity contribution in [2.24, 2.45) is 0 Å². The Hall–Kier alpha value is 5.55. The van der Waals surface area contributed by atoms with Crippen molar-refractivity contribution in [3.63, 3.8) is 0 Å². The Morgan fingerprint density at radius 3 is 0.233 bits per heavy atom. The van der Waals surface area contributed by atoms with E-state index in [1.807, 2.05) is 0 Å². The van der Waals surface area contributed by atoms with Crippen molar-refractivity contribution in [1.82, 2.24) is 0 Å². The zero-order valence-corrected chi connectivity index (χ0v) is 15.5. The Morgan fingerprint density at radius 1 is 0.233 bits per heavy atom. The maximum atomic E-state index is 8.88. The van der Waals surface area contributed by atoms with E-state index in [0.29, 0.717) is 0 Å². The summed E-state index contributed by atoms with van der Waals surface area (Å²) in [5, 5.41) is 0. The molecule has 0 aromatic heterocycles. The SMILES string of the molecule is O=P(O)(O)O.O=P(O)(O)O.O=P(O)(O)O.O=P(O)(O)O.O=P(O)(O)O.[NaH].[NaH].[NaH].[NaH].[NaH]. The van der Waals surface area contributed by atoms with Gasteiger partial charge in [0.2, 0.25) is 0 Å². The number of hydrogen-bond acceptors (Lipinski definition) is 5. The summed E-state index contributed by atoms with van der Waals surface area (Å²) in [7, 11) is -23.2. The second kappa shape index (κ2) is 30.8. The second-order valence-corrected chi connectivity index (χ2v) is 7.70. The van der Waals surface area contributed by atoms with E-state index in [4.69, 9.17) is 96.2 Å². The first-order chi connectivity index (χ1) is 10.0. The molecule has 0 atom stereocenters. The van der Waals surface area contributed by atoms with Crippen molar-refractivity contribution in [2.45, 2.75) is 0 Å². The van der Waals surface area contributed by atoms with Gasteiger partial charge in [-0.25, -0.2) is 22.8 Å². The summed E-state index contributed by atoms with van der Waals surface area (Å²) in [4.78, 5) is 108. The molecule has 0 aliphatic carbocycles. The standard InChI is InChI=1S/5Na.5H3O4P.5H/c;;;;;5*1-5(2,3)4;;;;;/h;;;;;5*(H3,1,2,3,4);;;;;. The van der Waals surface area contributed by atoms with Crippen molar-refractivity contribution in [2.75, 3.05) is 0 Å². The van der Waals surface area contributed by atoms with Crippen LogP contribution < -0.4 is 0 Å². The first-order valence-electron chi connectivity index (χ1n) is 3.91. The Morgan fingerprint density at radius 2 is 0.233 bits per heavy atom. The quantitative estimate of drug-likeness (QED) is 0.0894. The van der Waals surface area contributed by atoms with E-state index < -0.39 is 39.1 Å². The van der Waals surface area contributed by atoms with Gasteiger partial charge in [0.05, 0.1) is 0 Å². The van der Waals surface area contributed by atoms with Crippen molar-refractivity contribution in [3.05, 3.63) is 0 Å². The first kappa shape index (κ1) is 65.0. The number of hydrogen-bond donors (Lipinski definition) is 15. The third-order valence-electron chi connectivity index (χ3n) is 0. The first-order valence-corrected chi connectivity index (χ1v) is 11.7. The molecule has 0 rings (SSSR count). The topological polar surface area (TPSA) is 389 Å². The van der Waals surface area contributed by atoms with E-state index in [2.05, 4.69) is 0 Å². The summed E-state index contributed by atoms with van der Waals surface area (Å²) >= 11 is 0. The molecule has 0 fully saturated rings. The monoisotopic (exact) mass is 610 g/mol. The van der Waals surface area contributed by atoms with Gasteiger partial charge in [-0.1, -0.05) is 0 Å². The van der Waals surface area contributed by atoms with E-state index in [0.717, 1.165) is 0 Å². The van der Waals surface area contributed by atoms with E-state index in [-0.39, 0.29) is 148 Å². The van der Waals surface area contributed by atoms with Crippen LogP contribution in [0.2, 0.25) is 0 Å². The van der Waals surface area contributed by atoms with Crippen LogP contribution in [0.1, 0.15) is 0 Å². The molecule has 30 heavy (non-hydrogen) atoms. The molecule has 0 aliphatic rings. The van der Waals surface area contributed by atoms with Crippen LogP contribution in [-0.2, 0) is 22.8 Å². The van der Waals surface area contributed by atoms with Gasteiger partial charge in [-0.2, -0.15) is 0 Å². The Kier molecular flexibility index (Phi) is 66.7. The molecule has 0 heterocycles. The molecule has 0 aromatic carbocycles. The van der Waals surface area contributed by atoms with E-state index in [9.17, 15) is 0 Å². The summed E-state index contributed by atoms with van der Waals surface area (Å²) in [6.07, 6.45) is 0. The average Bonchev–Trinajstić information content (AvgIpc) is 1.79. The molecular weight excluding hydrogens is 590 g/mol. The predicted molar refractivity (Wildman–Crippen MR) is 107 cm³/mol. The van der Waals surface area contributed by atoms with Gasteiger partial charge in [0.25, 0.3) is 0 Å². The molecule has 0 aliphatic heterocycles. The zero-order valence-electron chi connectivity index (χ0n) is 11.0. The van der Waals surface area contributed by atoms with Gasteiger partial charge in [0.1, 0.15) is 0 Å². The molecule has 0 bridgehead atoms. The Labute approximate surface area is 278 Å². The van der Waals surface area contributed by atoms with Crippen LogP contribution in [0.5, 0.6) is 0 Å². The summed E-state index contributed by atoms with van der Waals surface area (Å²) in [6, 6.07) is 0. The fraction of sp³-hybridized carbons (Fsp3) is 0. The Balaban J connectivity index is -0.0000000200. The van der Waals surface area contributed by atoms with Crippen LogP contribution in [0.3, 0.4) is 0 Å². The second-order valence-electron chi connectivity index (χ2n) is 2.57. The molecule has 0 saturated carbocycles. The molecule has 20 nitrogen and oxygen atoms in total. The molecule has 0 spiro atoms. The minimum absolute atomic E-state index is 0. The molecule has 0 amide bonds. The molecule has 0 unspecified atom stereocenters. The van der Waals surface area contributed by atoms with Crippen LogP contribution in [0, 0.1) is 0 Å². The molecule has 15 N–H and O–H groups in total. The predicted octanol–water partition coefficient (Wildman–Crippen LogP) is -7.89. The van der Waals surface area contributed by atoms with Crippen molar-refractivity contribution < 1.29 is 96.2 Å². The van der Waals surface area contributed by atoms with Gasteiger partial charge in [0, 0.05) is 0 Å². The van der Waals surface area contributed by atoms with Gasteiger partial charge in [-0.3, -0.25) is 0 Å². The van der Waals surface area contributed by atoms with Gasteiger partial charge in [-0.05, 0) is 0 Å². The van der Waals surface area contributed by atoms with Crippen LogP contribution in [0.15, 0.2) is 0 Å². The van der Waals surface area contributed by atoms with E-state index in [1.165, 1.54) is 0 Å². The molecule has 0 radical (unpaired) electrons. The summed E-state index contributed by atoms with van der Waals surface area (Å²) in [5.41, 5.74) is 0. The van der Waals surface area contributed by atoms with E-state index >= 15 is 0 Å². The number of phosphoric acid groups is 5. The summed E-state index contributed by atoms with van der Waals surface area (Å²) < 4.78 is 44.4. The van der Waals surface area contributed by atoms with E-state index in [1.54, 1.807) is 0 Å². The molecular formula is H20Na5O20P5. The van der Waals surface area contributed by atoms with Gasteiger partial charge in [-0.15, -0.1) is 0 Å². The molecule has 0 aromatic rings. The van der Waals surface area contributed by atoms with Crippen molar-refractivity contribution in [1.29, 1.82) is 0 Å². The molecule has 0 saturated heterocycles. The normalized spacial score (nSPS) is 9.83. The average molecular weight is 610 g/mol. The third kappa shape index (κ3) is 1150. The van der Waals surface area contributed by atoms with Gasteiger partial charge >= 0.3 is 187 Å². The fourth-order valence-electron chi connectivity index (χ4n) is 0. The van der Waals surface area contributed by atoms with Crippen LogP contribution in [0.4, 0.5) is 0 Å². The maximum absolute atomic E-state index is 8.88. The van der Waals surface area contributed by atoms with Crippen molar-refractivity contribution >= 4 is 187 Å². The van der Waals surface area contributed by atoms with Crippen LogP contribution in [-0.4, -0.2) is 221 Å². The Bertz CT molecular complexity index is 385. The third-order valence-corrected chi connectivity index (χ3v) is 0. The molecule has 170 valence electrons. The van der Waals surface area contributed by atoms with Gasteiger partial charge < -0.3 is 73.4 Å². The van der Waals surface area contributed by atoms with Crippen molar-refractivity contribution in [3.8, 4) is 0 Å². The molecule has 30 heteroatoms. The minimum atomic E-state index is -4.64.